The monoisotopic (exact) mass is 593 g/mol. The van der Waals surface area contributed by atoms with Gasteiger partial charge in [-0.25, -0.2) is 0 Å². The van der Waals surface area contributed by atoms with Crippen molar-refractivity contribution in [2.45, 2.75) is 6.61 Å². The van der Waals surface area contributed by atoms with Gasteiger partial charge in [0.05, 0.1) is 21.3 Å². The first-order valence-corrected chi connectivity index (χ1v) is 12.2. The van der Waals surface area contributed by atoms with Gasteiger partial charge in [-0.3, -0.25) is 9.69 Å². The molecule has 4 rings (SSSR count). The number of nitrogens with zero attached hydrogens (tertiary/aromatic N) is 1. The highest BCUT2D eigenvalue weighted by Crippen LogP contribution is 2.39. The maximum atomic E-state index is 13.0. The third-order valence-corrected chi connectivity index (χ3v) is 7.01. The van der Waals surface area contributed by atoms with Crippen LogP contribution >= 0.6 is 58.2 Å². The average Bonchev–Trinajstić information content (AvgIpc) is 3.06. The maximum absolute atomic E-state index is 13.0. The molecule has 32 heavy (non-hydrogen) atoms. The van der Waals surface area contributed by atoms with E-state index in [9.17, 15) is 4.79 Å². The van der Waals surface area contributed by atoms with Gasteiger partial charge in [0.15, 0.2) is 15.8 Å². The summed E-state index contributed by atoms with van der Waals surface area (Å²) in [5, 5.41) is 0.603. The van der Waals surface area contributed by atoms with Gasteiger partial charge in [0.2, 0.25) is 0 Å². The lowest BCUT2D eigenvalue weighted by atomic mass is 10.1. The van der Waals surface area contributed by atoms with E-state index in [2.05, 4.69) is 22.6 Å². The van der Waals surface area contributed by atoms with Crippen molar-refractivity contribution in [2.75, 3.05) is 12.0 Å². The summed E-state index contributed by atoms with van der Waals surface area (Å²) in [6, 6.07) is 20.8. The summed E-state index contributed by atoms with van der Waals surface area (Å²) < 4.78 is 13.0. The van der Waals surface area contributed by atoms with Gasteiger partial charge in [0.25, 0.3) is 5.91 Å². The lowest BCUT2D eigenvalue weighted by Crippen LogP contribution is -2.27. The summed E-state index contributed by atoms with van der Waals surface area (Å²) in [7, 11) is 1.60. The minimum Gasteiger partial charge on any atom is -0.493 e. The van der Waals surface area contributed by atoms with Crippen LogP contribution in [0.1, 0.15) is 11.1 Å². The number of hydrogen-bond donors (Lipinski definition) is 0. The molecule has 4 nitrogen and oxygen atoms in total. The molecule has 8 heteroatoms. The Labute approximate surface area is 214 Å². The van der Waals surface area contributed by atoms with Crippen molar-refractivity contribution in [3.8, 4) is 11.5 Å². The van der Waals surface area contributed by atoms with Crippen molar-refractivity contribution in [3.63, 3.8) is 0 Å². The zero-order chi connectivity index (χ0) is 22.7. The fraction of sp³-hybridized carbons (Fsp3) is 0.0833. The van der Waals surface area contributed by atoms with Crippen LogP contribution in [0.4, 0.5) is 5.69 Å². The molecule has 0 radical (unpaired) electrons. The quantitative estimate of drug-likeness (QED) is 0.176. The van der Waals surface area contributed by atoms with Crippen molar-refractivity contribution in [1.82, 2.24) is 0 Å². The van der Waals surface area contributed by atoms with Crippen LogP contribution < -0.4 is 14.4 Å². The fourth-order valence-electron chi connectivity index (χ4n) is 3.12. The highest BCUT2D eigenvalue weighted by molar-refractivity contribution is 14.1. The van der Waals surface area contributed by atoms with E-state index in [1.165, 1.54) is 16.7 Å². The van der Waals surface area contributed by atoms with Crippen LogP contribution in [0, 0.1) is 3.57 Å². The zero-order valence-corrected chi connectivity index (χ0v) is 21.4. The van der Waals surface area contributed by atoms with Crippen molar-refractivity contribution >= 4 is 80.2 Å². The van der Waals surface area contributed by atoms with Gasteiger partial charge < -0.3 is 9.47 Å². The Hall–Kier alpha value is -2.07. The molecule has 1 amide bonds. The van der Waals surface area contributed by atoms with Crippen LogP contribution in [-0.4, -0.2) is 17.3 Å². The number of halogens is 2. The molecule has 0 N–H and O–H groups in total. The topological polar surface area (TPSA) is 38.8 Å². The molecule has 0 aliphatic carbocycles. The van der Waals surface area contributed by atoms with E-state index < -0.39 is 0 Å². The van der Waals surface area contributed by atoms with E-state index >= 15 is 0 Å². The SMILES string of the molecule is COc1cc(/C=C2\SC(=S)N(c3ccc(Cl)cc3)C2=O)cc(I)c1OCc1ccccc1. The molecular weight excluding hydrogens is 577 g/mol. The summed E-state index contributed by atoms with van der Waals surface area (Å²) in [5.74, 6) is 1.11. The Kier molecular flexibility index (Phi) is 7.40. The Morgan fingerprint density at radius 1 is 1.12 bits per heavy atom. The smallest absolute Gasteiger partial charge is 0.270 e. The molecule has 0 saturated carbocycles. The van der Waals surface area contributed by atoms with E-state index in [0.29, 0.717) is 38.0 Å². The van der Waals surface area contributed by atoms with Crippen molar-refractivity contribution < 1.29 is 14.3 Å². The van der Waals surface area contributed by atoms with Gasteiger partial charge in [-0.15, -0.1) is 0 Å². The first-order chi connectivity index (χ1) is 15.5. The van der Waals surface area contributed by atoms with Crippen LogP contribution in [-0.2, 0) is 11.4 Å². The molecule has 3 aromatic carbocycles. The maximum Gasteiger partial charge on any atom is 0.270 e. The van der Waals surface area contributed by atoms with E-state index in [1.807, 2.05) is 48.5 Å². The molecular formula is C24H17ClINO3S2. The second-order valence-electron chi connectivity index (χ2n) is 6.80. The number of ether oxygens (including phenoxy) is 2. The number of amides is 1. The summed E-state index contributed by atoms with van der Waals surface area (Å²) in [6.45, 7) is 0.437. The summed E-state index contributed by atoms with van der Waals surface area (Å²) in [5.41, 5.74) is 2.59. The van der Waals surface area contributed by atoms with Crippen molar-refractivity contribution in [2.24, 2.45) is 0 Å². The fourth-order valence-corrected chi connectivity index (χ4v) is 5.33. The average molecular weight is 594 g/mol. The van der Waals surface area contributed by atoms with Gasteiger partial charge in [0, 0.05) is 5.02 Å². The predicted molar refractivity (Wildman–Crippen MR) is 144 cm³/mol. The summed E-state index contributed by atoms with van der Waals surface area (Å²) in [6.07, 6.45) is 1.82. The Balaban J connectivity index is 1.58. The molecule has 3 aromatic rings. The number of carbonyl (C=O) groups is 1. The van der Waals surface area contributed by atoms with Gasteiger partial charge >= 0.3 is 0 Å². The van der Waals surface area contributed by atoms with E-state index in [4.69, 9.17) is 33.3 Å². The van der Waals surface area contributed by atoms with Crippen LogP contribution in [0.25, 0.3) is 6.08 Å². The Morgan fingerprint density at radius 3 is 2.53 bits per heavy atom. The standard InChI is InChI=1S/C24H17ClINO3S2/c1-29-20-12-16(11-19(26)22(20)30-14-15-5-3-2-4-6-15)13-21-23(28)27(24(31)32-21)18-9-7-17(25)8-10-18/h2-13H,14H2,1H3/b21-13-. The van der Waals surface area contributed by atoms with Crippen LogP contribution in [0.5, 0.6) is 11.5 Å². The molecule has 1 saturated heterocycles. The van der Waals surface area contributed by atoms with Crippen molar-refractivity contribution in [1.29, 1.82) is 0 Å². The first kappa shape index (κ1) is 23.1. The molecule has 0 unspecified atom stereocenters. The molecule has 1 heterocycles. The molecule has 0 bridgehead atoms. The van der Waals surface area contributed by atoms with Gasteiger partial charge in [0.1, 0.15) is 6.61 Å². The predicted octanol–water partition coefficient (Wildman–Crippen LogP) is 6.94. The number of methoxy groups -OCH3 is 1. The number of hydrogen-bond acceptors (Lipinski definition) is 5. The van der Waals surface area contributed by atoms with Gasteiger partial charge in [-0.05, 0) is 76.2 Å². The minimum atomic E-state index is -0.166. The van der Waals surface area contributed by atoms with E-state index in [-0.39, 0.29) is 5.91 Å². The van der Waals surface area contributed by atoms with Gasteiger partial charge in [-0.2, -0.15) is 0 Å². The summed E-state index contributed by atoms with van der Waals surface area (Å²) >= 11 is 14.9. The molecule has 1 aliphatic rings. The number of rotatable bonds is 6. The molecule has 1 fully saturated rings. The largest absolute Gasteiger partial charge is 0.493 e. The second kappa shape index (κ2) is 10.2. The second-order valence-corrected chi connectivity index (χ2v) is 10.1. The highest BCUT2D eigenvalue weighted by atomic mass is 127. The van der Waals surface area contributed by atoms with E-state index in [0.717, 1.165) is 14.7 Å². The Morgan fingerprint density at radius 2 is 1.84 bits per heavy atom. The number of benzene rings is 3. The first-order valence-electron chi connectivity index (χ1n) is 9.54. The Bertz CT molecular complexity index is 1200. The minimum absolute atomic E-state index is 0.166. The van der Waals surface area contributed by atoms with E-state index in [1.54, 1.807) is 31.4 Å². The lowest BCUT2D eigenvalue weighted by molar-refractivity contribution is -0.113. The normalized spacial score (nSPS) is 14.8. The molecule has 1 aliphatic heterocycles. The zero-order valence-electron chi connectivity index (χ0n) is 16.9. The van der Waals surface area contributed by atoms with Crippen molar-refractivity contribution in [3.05, 3.63) is 91.4 Å². The van der Waals surface area contributed by atoms with Crippen LogP contribution in [0.15, 0.2) is 71.6 Å². The number of anilines is 1. The van der Waals surface area contributed by atoms with Gasteiger partial charge in [-0.1, -0.05) is 65.9 Å². The lowest BCUT2D eigenvalue weighted by Gasteiger charge is -2.14. The number of thioether (sulfide) groups is 1. The molecule has 0 spiro atoms. The third kappa shape index (κ3) is 5.11. The van der Waals surface area contributed by atoms with Crippen LogP contribution in [0.2, 0.25) is 5.02 Å². The third-order valence-electron chi connectivity index (χ3n) is 4.65. The molecule has 0 atom stereocenters. The number of carbonyl (C=O) groups excluding carboxylic acids is 1. The molecule has 0 aromatic heterocycles. The highest BCUT2D eigenvalue weighted by Gasteiger charge is 2.33. The summed E-state index contributed by atoms with van der Waals surface area (Å²) in [4.78, 5) is 15.1. The van der Waals surface area contributed by atoms with Crippen LogP contribution in [0.3, 0.4) is 0 Å². The number of thiocarbonyl (C=S) groups is 1. The molecule has 162 valence electrons.